The Morgan fingerprint density at radius 3 is 2.24 bits per heavy atom. The first kappa shape index (κ1) is 19.9. The molecular weight excluding hydrogens is 312 g/mol. The molecule has 0 aliphatic heterocycles. The van der Waals surface area contributed by atoms with Crippen molar-refractivity contribution in [3.05, 3.63) is 29.8 Å². The van der Waals surface area contributed by atoms with Crippen LogP contribution in [0.25, 0.3) is 0 Å². The molecular formula is C14H23ClN2O3S. The molecule has 1 aromatic rings. The van der Waals surface area contributed by atoms with Crippen LogP contribution in [0.1, 0.15) is 37.0 Å². The molecule has 21 heavy (non-hydrogen) atoms. The number of hydrogen-bond donors (Lipinski definition) is 2. The molecule has 0 aliphatic rings. The van der Waals surface area contributed by atoms with Crippen molar-refractivity contribution < 1.29 is 13.2 Å². The molecule has 0 atom stereocenters. The molecule has 0 unspecified atom stereocenters. The lowest BCUT2D eigenvalue weighted by Crippen LogP contribution is -2.49. The molecule has 0 radical (unpaired) electrons. The lowest BCUT2D eigenvalue weighted by atomic mass is 9.94. The number of nitrogens with two attached hydrogens (primary N) is 1. The molecule has 1 aromatic carbocycles. The number of carbonyl (C=O) groups excluding carboxylic acids is 1. The van der Waals surface area contributed by atoms with Crippen LogP contribution in [0, 0.1) is 0 Å². The van der Waals surface area contributed by atoms with Crippen molar-refractivity contribution in [1.29, 1.82) is 0 Å². The second kappa shape index (κ2) is 7.77. The number of rotatable bonds is 6. The maximum atomic E-state index is 12.2. The van der Waals surface area contributed by atoms with Gasteiger partial charge in [0.2, 0.25) is 0 Å². The van der Waals surface area contributed by atoms with Crippen LogP contribution in [0.15, 0.2) is 29.2 Å². The second-order valence-electron chi connectivity index (χ2n) is 5.02. The first-order valence-electron chi connectivity index (χ1n) is 6.59. The van der Waals surface area contributed by atoms with Crippen molar-refractivity contribution in [2.45, 2.75) is 37.1 Å². The number of carbonyl (C=O) groups is 1. The molecule has 1 rings (SSSR count). The maximum absolute atomic E-state index is 12.2. The van der Waals surface area contributed by atoms with Crippen molar-refractivity contribution in [1.82, 2.24) is 5.32 Å². The first-order valence-corrected chi connectivity index (χ1v) is 8.49. The standard InChI is InChI=1S/C14H22N2O3S.ClH/c1-4-14(15,5-2)10-16-13(17)11-8-6-7-9-12(11)20(3,18)19;/h6-9H,4-5,10,15H2,1-3H3,(H,16,17);1H. The van der Waals surface area contributed by atoms with Gasteiger partial charge in [-0.1, -0.05) is 26.0 Å². The van der Waals surface area contributed by atoms with Gasteiger partial charge in [0.05, 0.1) is 10.5 Å². The van der Waals surface area contributed by atoms with E-state index in [0.717, 1.165) is 19.1 Å². The van der Waals surface area contributed by atoms with Crippen LogP contribution in [0.4, 0.5) is 0 Å². The van der Waals surface area contributed by atoms with Crippen LogP contribution in [-0.2, 0) is 9.84 Å². The monoisotopic (exact) mass is 334 g/mol. The largest absolute Gasteiger partial charge is 0.350 e. The van der Waals surface area contributed by atoms with Crippen LogP contribution in [-0.4, -0.2) is 32.7 Å². The van der Waals surface area contributed by atoms with Crippen LogP contribution < -0.4 is 11.1 Å². The quantitative estimate of drug-likeness (QED) is 0.829. The molecule has 0 aliphatic carbocycles. The van der Waals surface area contributed by atoms with Crippen molar-refractivity contribution in [3.63, 3.8) is 0 Å². The third-order valence-corrected chi connectivity index (χ3v) is 4.70. The number of nitrogens with one attached hydrogen (secondary N) is 1. The summed E-state index contributed by atoms with van der Waals surface area (Å²) >= 11 is 0. The summed E-state index contributed by atoms with van der Waals surface area (Å²) < 4.78 is 23.3. The van der Waals surface area contributed by atoms with Gasteiger partial charge in [-0.05, 0) is 25.0 Å². The number of sulfone groups is 1. The zero-order valence-electron chi connectivity index (χ0n) is 12.5. The zero-order chi connectivity index (χ0) is 15.4. The van der Waals surface area contributed by atoms with E-state index in [0.29, 0.717) is 6.54 Å². The predicted molar refractivity (Wildman–Crippen MR) is 86.6 cm³/mol. The van der Waals surface area contributed by atoms with Gasteiger partial charge in [-0.25, -0.2) is 8.42 Å². The van der Waals surface area contributed by atoms with Crippen LogP contribution in [0.2, 0.25) is 0 Å². The van der Waals surface area contributed by atoms with Crippen molar-refractivity contribution >= 4 is 28.2 Å². The molecule has 0 aromatic heterocycles. The van der Waals surface area contributed by atoms with E-state index in [1.165, 1.54) is 12.1 Å². The van der Waals surface area contributed by atoms with Gasteiger partial charge in [-0.2, -0.15) is 0 Å². The molecule has 0 bridgehead atoms. The summed E-state index contributed by atoms with van der Waals surface area (Å²) in [5, 5.41) is 2.73. The van der Waals surface area contributed by atoms with Gasteiger partial charge in [0.15, 0.2) is 9.84 Å². The minimum atomic E-state index is -3.44. The minimum Gasteiger partial charge on any atom is -0.350 e. The van der Waals surface area contributed by atoms with Crippen molar-refractivity contribution in [2.75, 3.05) is 12.8 Å². The van der Waals surface area contributed by atoms with Crippen molar-refractivity contribution in [2.24, 2.45) is 5.73 Å². The molecule has 0 spiro atoms. The van der Waals surface area contributed by atoms with E-state index in [-0.39, 0.29) is 22.9 Å². The zero-order valence-corrected chi connectivity index (χ0v) is 14.2. The van der Waals surface area contributed by atoms with E-state index in [1.807, 2.05) is 13.8 Å². The smallest absolute Gasteiger partial charge is 0.252 e. The molecule has 7 heteroatoms. The van der Waals surface area contributed by atoms with E-state index >= 15 is 0 Å². The molecule has 0 saturated heterocycles. The van der Waals surface area contributed by atoms with Gasteiger partial charge in [0.1, 0.15) is 0 Å². The van der Waals surface area contributed by atoms with E-state index in [1.54, 1.807) is 12.1 Å². The highest BCUT2D eigenvalue weighted by atomic mass is 35.5. The summed E-state index contributed by atoms with van der Waals surface area (Å²) in [7, 11) is -3.44. The van der Waals surface area contributed by atoms with Gasteiger partial charge in [-0.3, -0.25) is 4.79 Å². The number of amides is 1. The molecule has 120 valence electrons. The Labute approximate surface area is 132 Å². The van der Waals surface area contributed by atoms with Gasteiger partial charge < -0.3 is 11.1 Å². The summed E-state index contributed by atoms with van der Waals surface area (Å²) in [6.07, 6.45) is 2.55. The summed E-state index contributed by atoms with van der Waals surface area (Å²) in [5.41, 5.74) is 5.81. The Morgan fingerprint density at radius 2 is 1.76 bits per heavy atom. The number of halogens is 1. The van der Waals surface area contributed by atoms with Gasteiger partial charge >= 0.3 is 0 Å². The van der Waals surface area contributed by atoms with E-state index in [9.17, 15) is 13.2 Å². The summed E-state index contributed by atoms with van der Waals surface area (Å²) in [6, 6.07) is 6.17. The fraction of sp³-hybridized carbons (Fsp3) is 0.500. The lowest BCUT2D eigenvalue weighted by Gasteiger charge is -2.26. The third kappa shape index (κ3) is 5.30. The molecule has 1 amide bonds. The topological polar surface area (TPSA) is 89.3 Å². The highest BCUT2D eigenvalue weighted by Crippen LogP contribution is 2.16. The summed E-state index contributed by atoms with van der Waals surface area (Å²) in [4.78, 5) is 12.2. The highest BCUT2D eigenvalue weighted by Gasteiger charge is 2.23. The van der Waals surface area contributed by atoms with Gasteiger partial charge in [-0.15, -0.1) is 12.4 Å². The molecule has 5 nitrogen and oxygen atoms in total. The Kier molecular flexibility index (Phi) is 7.36. The van der Waals surface area contributed by atoms with Gasteiger partial charge in [0, 0.05) is 18.3 Å². The van der Waals surface area contributed by atoms with E-state index < -0.39 is 21.3 Å². The molecule has 0 heterocycles. The third-order valence-electron chi connectivity index (χ3n) is 3.54. The summed E-state index contributed by atoms with van der Waals surface area (Å²) in [6.45, 7) is 4.23. The Balaban J connectivity index is 0.00000400. The van der Waals surface area contributed by atoms with Gasteiger partial charge in [0.25, 0.3) is 5.91 Å². The Morgan fingerprint density at radius 1 is 1.24 bits per heavy atom. The van der Waals surface area contributed by atoms with E-state index in [4.69, 9.17) is 5.73 Å². The van der Waals surface area contributed by atoms with Crippen LogP contribution in [0.3, 0.4) is 0 Å². The molecule has 0 fully saturated rings. The number of hydrogen-bond acceptors (Lipinski definition) is 4. The first-order chi connectivity index (χ1) is 9.23. The number of benzene rings is 1. The average molecular weight is 335 g/mol. The fourth-order valence-corrected chi connectivity index (χ4v) is 2.72. The lowest BCUT2D eigenvalue weighted by molar-refractivity contribution is 0.0939. The van der Waals surface area contributed by atoms with Crippen molar-refractivity contribution in [3.8, 4) is 0 Å². The average Bonchev–Trinajstić information content (AvgIpc) is 2.43. The molecule has 0 saturated carbocycles. The summed E-state index contributed by atoms with van der Waals surface area (Å²) in [5.74, 6) is -0.414. The minimum absolute atomic E-state index is 0. The molecule has 3 N–H and O–H groups in total. The normalized spacial score (nSPS) is 11.6. The predicted octanol–water partition coefficient (Wildman–Crippen LogP) is 1.76. The Bertz CT molecular complexity index is 584. The van der Waals surface area contributed by atoms with E-state index in [2.05, 4.69) is 5.32 Å². The SMILES string of the molecule is CCC(N)(CC)CNC(=O)c1ccccc1S(C)(=O)=O.Cl. The maximum Gasteiger partial charge on any atom is 0.252 e. The second-order valence-corrected chi connectivity index (χ2v) is 7.00. The van der Waals surface area contributed by atoms with Crippen LogP contribution in [0.5, 0.6) is 0 Å². The van der Waals surface area contributed by atoms with Crippen LogP contribution >= 0.6 is 12.4 Å². The fourth-order valence-electron chi connectivity index (χ4n) is 1.83. The Hall–Kier alpha value is -1.11. The highest BCUT2D eigenvalue weighted by molar-refractivity contribution is 7.90.